The third-order valence-electron chi connectivity index (χ3n) is 2.75. The number of aliphatic hydroxyl groups is 1. The summed E-state index contributed by atoms with van der Waals surface area (Å²) in [7, 11) is 0. The predicted octanol–water partition coefficient (Wildman–Crippen LogP) is 0.608. The molecule has 0 bridgehead atoms. The van der Waals surface area contributed by atoms with Gasteiger partial charge in [0.05, 0.1) is 17.0 Å². The Morgan fingerprint density at radius 1 is 1.48 bits per heavy atom. The molecule has 0 aliphatic heterocycles. The smallest absolute Gasteiger partial charge is 0.337 e. The number of benzene rings is 1. The summed E-state index contributed by atoms with van der Waals surface area (Å²) in [5.41, 5.74) is -3.40. The average molecular weight is 300 g/mol. The lowest BCUT2D eigenvalue weighted by molar-refractivity contribution is -0.385. The van der Waals surface area contributed by atoms with Crippen molar-refractivity contribution in [3.63, 3.8) is 0 Å². The van der Waals surface area contributed by atoms with Gasteiger partial charge in [0.25, 0.3) is 11.6 Å². The molecule has 0 aromatic heterocycles. The second kappa shape index (κ2) is 5.83. The monoisotopic (exact) mass is 300 g/mol. The zero-order valence-electron chi connectivity index (χ0n) is 11.2. The van der Waals surface area contributed by atoms with Crippen molar-refractivity contribution in [3.8, 4) is 0 Å². The largest absolute Gasteiger partial charge is 0.479 e. The van der Waals surface area contributed by atoms with E-state index in [1.807, 2.05) is 5.32 Å². The summed E-state index contributed by atoms with van der Waals surface area (Å²) in [5, 5.41) is 30.8. The molecule has 0 spiro atoms. The van der Waals surface area contributed by atoms with Gasteiger partial charge in [-0.3, -0.25) is 14.9 Å². The number of aliphatic carboxylic acids is 1. The van der Waals surface area contributed by atoms with E-state index in [0.717, 1.165) is 19.1 Å². The highest BCUT2D eigenvalue weighted by Gasteiger charge is 2.31. The van der Waals surface area contributed by atoms with Crippen LogP contribution in [0.3, 0.4) is 0 Å². The Labute approximate surface area is 118 Å². The van der Waals surface area contributed by atoms with Crippen molar-refractivity contribution >= 4 is 17.6 Å². The van der Waals surface area contributed by atoms with E-state index in [9.17, 15) is 29.2 Å². The molecule has 1 unspecified atom stereocenters. The number of aryl methyl sites for hydroxylation is 1. The number of rotatable bonds is 5. The fourth-order valence-electron chi connectivity index (χ4n) is 1.44. The number of carbonyl (C=O) groups is 2. The third-order valence-corrected chi connectivity index (χ3v) is 2.75. The molecule has 3 N–H and O–H groups in total. The Kier molecular flexibility index (Phi) is 4.58. The minimum atomic E-state index is -2.23. The number of nitrogens with one attached hydrogen (secondary N) is 1. The Bertz CT molecular complexity index is 614. The van der Waals surface area contributed by atoms with Crippen LogP contribution < -0.4 is 5.32 Å². The average Bonchev–Trinajstić information content (AvgIpc) is 2.38. The number of hydrogen-bond acceptors (Lipinski definition) is 5. The van der Waals surface area contributed by atoms with Crippen molar-refractivity contribution in [1.29, 1.82) is 0 Å². The minimum absolute atomic E-state index is 0.0978. The van der Waals surface area contributed by atoms with E-state index in [0.29, 0.717) is 0 Å². The van der Waals surface area contributed by atoms with Crippen LogP contribution in [0.15, 0.2) is 12.1 Å². The van der Waals surface area contributed by atoms with Crippen LogP contribution in [-0.2, 0) is 4.79 Å². The SMILES string of the molecule is Cc1cc([N+](=O)[O-])cc(C(=O)NCC(C)(O)C(=O)O)c1F. The maximum atomic E-state index is 13.8. The van der Waals surface area contributed by atoms with E-state index in [4.69, 9.17) is 5.11 Å². The zero-order chi connectivity index (χ0) is 16.4. The number of carboxylic acids is 1. The molecule has 0 heterocycles. The zero-order valence-corrected chi connectivity index (χ0v) is 11.2. The lowest BCUT2D eigenvalue weighted by Gasteiger charge is -2.18. The maximum Gasteiger partial charge on any atom is 0.337 e. The van der Waals surface area contributed by atoms with Crippen molar-refractivity contribution in [2.45, 2.75) is 19.4 Å². The number of hydrogen-bond donors (Lipinski definition) is 3. The quantitative estimate of drug-likeness (QED) is 0.539. The number of amides is 1. The molecule has 0 aliphatic rings. The summed E-state index contributed by atoms with van der Waals surface area (Å²) in [5.74, 6) is -3.58. The molecule has 0 fully saturated rings. The molecule has 1 atom stereocenters. The fraction of sp³-hybridized carbons (Fsp3) is 0.333. The van der Waals surface area contributed by atoms with Gasteiger partial charge in [0, 0.05) is 12.1 Å². The van der Waals surface area contributed by atoms with Gasteiger partial charge in [-0.2, -0.15) is 0 Å². The highest BCUT2D eigenvalue weighted by atomic mass is 19.1. The van der Waals surface area contributed by atoms with E-state index < -0.39 is 46.0 Å². The summed E-state index contributed by atoms with van der Waals surface area (Å²) in [4.78, 5) is 32.4. The number of carboxylic acid groups (broad SMARTS) is 1. The van der Waals surface area contributed by atoms with Gasteiger partial charge < -0.3 is 15.5 Å². The van der Waals surface area contributed by atoms with Crippen molar-refractivity contribution in [3.05, 3.63) is 39.2 Å². The summed E-state index contributed by atoms with van der Waals surface area (Å²) in [6.45, 7) is 1.53. The molecule has 0 saturated heterocycles. The second-order valence-corrected chi connectivity index (χ2v) is 4.64. The maximum absolute atomic E-state index is 13.8. The first kappa shape index (κ1) is 16.5. The Balaban J connectivity index is 3.03. The molecule has 9 heteroatoms. The molecule has 21 heavy (non-hydrogen) atoms. The first-order valence-electron chi connectivity index (χ1n) is 5.75. The number of halogens is 1. The van der Waals surface area contributed by atoms with Crippen LogP contribution in [0, 0.1) is 22.9 Å². The van der Waals surface area contributed by atoms with Crippen LogP contribution in [0.25, 0.3) is 0 Å². The fourth-order valence-corrected chi connectivity index (χ4v) is 1.44. The van der Waals surface area contributed by atoms with Gasteiger partial charge in [-0.25, -0.2) is 9.18 Å². The molecule has 0 saturated carbocycles. The highest BCUT2D eigenvalue weighted by Crippen LogP contribution is 2.21. The Hall–Kier alpha value is -2.55. The van der Waals surface area contributed by atoms with E-state index in [1.165, 1.54) is 6.92 Å². The predicted molar refractivity (Wildman–Crippen MR) is 68.4 cm³/mol. The first-order valence-corrected chi connectivity index (χ1v) is 5.75. The standard InChI is InChI=1S/C12H13FN2O6/c1-6-3-7(15(20)21)4-8(9(6)13)10(16)14-5-12(2,19)11(17)18/h3-4,19H,5H2,1-2H3,(H,14,16)(H,17,18). The number of carbonyl (C=O) groups excluding carboxylic acids is 1. The number of nitro groups is 1. The molecule has 1 amide bonds. The molecule has 1 rings (SSSR count). The van der Waals surface area contributed by atoms with Crippen LogP contribution >= 0.6 is 0 Å². The highest BCUT2D eigenvalue weighted by molar-refractivity contribution is 5.95. The molecule has 0 aliphatic carbocycles. The van der Waals surface area contributed by atoms with Gasteiger partial charge in [-0.1, -0.05) is 0 Å². The normalized spacial score (nSPS) is 13.3. The van der Waals surface area contributed by atoms with Crippen LogP contribution in [0.4, 0.5) is 10.1 Å². The lowest BCUT2D eigenvalue weighted by Crippen LogP contribution is -2.46. The number of nitro benzene ring substituents is 1. The second-order valence-electron chi connectivity index (χ2n) is 4.64. The van der Waals surface area contributed by atoms with E-state index in [-0.39, 0.29) is 5.56 Å². The van der Waals surface area contributed by atoms with Crippen molar-refractivity contribution in [1.82, 2.24) is 5.32 Å². The van der Waals surface area contributed by atoms with Crippen LogP contribution in [0.1, 0.15) is 22.8 Å². The van der Waals surface area contributed by atoms with Gasteiger partial charge in [-0.15, -0.1) is 0 Å². The van der Waals surface area contributed by atoms with E-state index in [1.54, 1.807) is 0 Å². The Morgan fingerprint density at radius 2 is 2.05 bits per heavy atom. The van der Waals surface area contributed by atoms with E-state index >= 15 is 0 Å². The van der Waals surface area contributed by atoms with Gasteiger partial charge in [-0.05, 0) is 19.4 Å². The van der Waals surface area contributed by atoms with Gasteiger partial charge in [0.15, 0.2) is 5.60 Å². The lowest BCUT2D eigenvalue weighted by atomic mass is 10.1. The molecule has 1 aromatic rings. The summed E-state index contributed by atoms with van der Waals surface area (Å²) >= 11 is 0. The summed E-state index contributed by atoms with van der Waals surface area (Å²) in [6, 6.07) is 1.71. The number of nitrogens with zero attached hydrogens (tertiary/aromatic N) is 1. The van der Waals surface area contributed by atoms with Gasteiger partial charge in [0.1, 0.15) is 5.82 Å². The molecule has 114 valence electrons. The van der Waals surface area contributed by atoms with Crippen molar-refractivity contribution in [2.24, 2.45) is 0 Å². The van der Waals surface area contributed by atoms with Crippen LogP contribution in [-0.4, -0.2) is 39.2 Å². The third kappa shape index (κ3) is 3.72. The molecular weight excluding hydrogens is 287 g/mol. The Morgan fingerprint density at radius 3 is 2.52 bits per heavy atom. The molecule has 0 radical (unpaired) electrons. The van der Waals surface area contributed by atoms with Crippen LogP contribution in [0.5, 0.6) is 0 Å². The van der Waals surface area contributed by atoms with Crippen molar-refractivity contribution < 1.29 is 29.1 Å². The van der Waals surface area contributed by atoms with Crippen molar-refractivity contribution in [2.75, 3.05) is 6.54 Å². The number of non-ortho nitro benzene ring substituents is 1. The topological polar surface area (TPSA) is 130 Å². The molecule has 1 aromatic carbocycles. The molecule has 8 nitrogen and oxygen atoms in total. The summed E-state index contributed by atoms with van der Waals surface area (Å²) in [6.07, 6.45) is 0. The first-order chi connectivity index (χ1) is 9.56. The van der Waals surface area contributed by atoms with E-state index in [2.05, 4.69) is 0 Å². The molecular formula is C12H13FN2O6. The summed E-state index contributed by atoms with van der Waals surface area (Å²) < 4.78 is 13.8. The minimum Gasteiger partial charge on any atom is -0.479 e. The van der Waals surface area contributed by atoms with Crippen LogP contribution in [0.2, 0.25) is 0 Å². The van der Waals surface area contributed by atoms with Gasteiger partial charge in [0.2, 0.25) is 0 Å². The van der Waals surface area contributed by atoms with Gasteiger partial charge >= 0.3 is 5.97 Å².